The minimum atomic E-state index is -3.85. The number of benzene rings is 2. The highest BCUT2D eigenvalue weighted by Gasteiger charge is 2.53. The van der Waals surface area contributed by atoms with Gasteiger partial charge in [-0.3, -0.25) is 9.10 Å². The number of carbonyl (C=O) groups excluding carboxylic acids is 1. The van der Waals surface area contributed by atoms with Crippen LogP contribution in [0.5, 0.6) is 0 Å². The number of rotatable bonds is 5. The smallest absolute Gasteiger partial charge is 0.264 e. The van der Waals surface area contributed by atoms with Crippen LogP contribution in [-0.2, 0) is 21.4 Å². The lowest BCUT2D eigenvalue weighted by Gasteiger charge is -2.26. The van der Waals surface area contributed by atoms with Crippen molar-refractivity contribution in [2.75, 3.05) is 0 Å². The third-order valence-electron chi connectivity index (χ3n) is 6.47. The summed E-state index contributed by atoms with van der Waals surface area (Å²) in [6, 6.07) is 16.3. The Morgan fingerprint density at radius 1 is 0.966 bits per heavy atom. The van der Waals surface area contributed by atoms with Crippen LogP contribution in [0.25, 0.3) is 0 Å². The summed E-state index contributed by atoms with van der Waals surface area (Å²) in [5, 5.41) is 0. The van der Waals surface area contributed by atoms with Gasteiger partial charge in [-0.25, -0.2) is 8.42 Å². The normalized spacial score (nSPS) is 27.2. The van der Waals surface area contributed by atoms with E-state index in [1.54, 1.807) is 24.3 Å². The first-order valence-electron chi connectivity index (χ1n) is 10.0. The Morgan fingerprint density at radius 3 is 2.34 bits per heavy atom. The van der Waals surface area contributed by atoms with Crippen molar-refractivity contribution in [1.29, 1.82) is 0 Å². The van der Waals surface area contributed by atoms with Gasteiger partial charge in [-0.05, 0) is 48.8 Å². The largest absolute Gasteiger partial charge is 0.292 e. The second kappa shape index (κ2) is 6.70. The van der Waals surface area contributed by atoms with Gasteiger partial charge in [0, 0.05) is 5.92 Å². The van der Waals surface area contributed by atoms with Crippen molar-refractivity contribution in [3.8, 4) is 0 Å². The molecule has 2 aromatic carbocycles. The molecule has 0 spiro atoms. The first-order valence-corrected chi connectivity index (χ1v) is 11.5. The minimum absolute atomic E-state index is 0.0292. The van der Waals surface area contributed by atoms with E-state index in [4.69, 9.17) is 0 Å². The molecule has 2 bridgehead atoms. The molecule has 3 aliphatic rings. The Hall–Kier alpha value is -2.66. The monoisotopic (exact) mass is 405 g/mol. The van der Waals surface area contributed by atoms with Crippen LogP contribution in [0.3, 0.4) is 0 Å². The quantitative estimate of drug-likeness (QED) is 0.704. The van der Waals surface area contributed by atoms with Crippen molar-refractivity contribution < 1.29 is 13.2 Å². The van der Waals surface area contributed by atoms with E-state index in [0.717, 1.165) is 17.5 Å². The van der Waals surface area contributed by atoms with Gasteiger partial charge < -0.3 is 0 Å². The number of fused-ring (bicyclic) bond motifs is 5. The number of nitrogens with zero attached hydrogens (tertiary/aromatic N) is 1. The molecule has 1 saturated carbocycles. The predicted molar refractivity (Wildman–Crippen MR) is 111 cm³/mol. The molecule has 0 radical (unpaired) electrons. The van der Waals surface area contributed by atoms with Gasteiger partial charge in [-0.2, -0.15) is 0 Å². The van der Waals surface area contributed by atoms with Crippen molar-refractivity contribution >= 4 is 15.8 Å². The molecule has 3 aliphatic carbocycles. The third-order valence-corrected chi connectivity index (χ3v) is 8.25. The van der Waals surface area contributed by atoms with Crippen molar-refractivity contribution in [1.82, 2.24) is 4.31 Å². The third kappa shape index (κ3) is 2.96. The molecular formula is C24H23NO3S. The van der Waals surface area contributed by atoms with Gasteiger partial charge in [0.25, 0.3) is 10.0 Å². The molecule has 2 aromatic rings. The lowest BCUT2D eigenvalue weighted by Crippen LogP contribution is -2.34. The second-order valence-corrected chi connectivity index (χ2v) is 10.1. The summed E-state index contributed by atoms with van der Waals surface area (Å²) in [5.74, 6) is 0.586. The maximum Gasteiger partial charge on any atom is 0.264 e. The highest BCUT2D eigenvalue weighted by molar-refractivity contribution is 7.89. The lowest BCUT2D eigenvalue weighted by atomic mass is 9.85. The highest BCUT2D eigenvalue weighted by atomic mass is 32.2. The molecule has 0 heterocycles. The second-order valence-electron chi connectivity index (χ2n) is 8.28. The molecule has 4 nitrogen and oxygen atoms in total. The van der Waals surface area contributed by atoms with Crippen LogP contribution >= 0.6 is 0 Å². The van der Waals surface area contributed by atoms with E-state index in [-0.39, 0.29) is 35.0 Å². The van der Waals surface area contributed by atoms with Gasteiger partial charge in [0.05, 0.1) is 17.1 Å². The van der Waals surface area contributed by atoms with Crippen LogP contribution in [-0.4, -0.2) is 18.5 Å². The van der Waals surface area contributed by atoms with Crippen molar-refractivity contribution in [2.45, 2.75) is 24.8 Å². The predicted octanol–water partition coefficient (Wildman–Crippen LogP) is 4.09. The maximum atomic E-state index is 13.6. The molecule has 0 amide bonds. The number of allylic oxidation sites excluding steroid dienone is 4. The zero-order valence-electron chi connectivity index (χ0n) is 16.2. The molecular weight excluding hydrogens is 382 g/mol. The van der Waals surface area contributed by atoms with Gasteiger partial charge in [0.2, 0.25) is 0 Å². The summed E-state index contributed by atoms with van der Waals surface area (Å²) in [6.45, 7) is 2.07. The van der Waals surface area contributed by atoms with Crippen LogP contribution in [0.1, 0.15) is 17.5 Å². The number of Topliss-reactive ketones (excluding diaryl/α,β-unsaturated/α-hetero) is 1. The Balaban J connectivity index is 1.57. The van der Waals surface area contributed by atoms with Crippen molar-refractivity contribution in [2.24, 2.45) is 23.7 Å². The van der Waals surface area contributed by atoms with E-state index in [9.17, 15) is 13.2 Å². The molecule has 5 rings (SSSR count). The van der Waals surface area contributed by atoms with Crippen LogP contribution in [0, 0.1) is 30.6 Å². The molecule has 0 unspecified atom stereocenters. The van der Waals surface area contributed by atoms with Crippen molar-refractivity contribution in [3.63, 3.8) is 0 Å². The molecule has 29 heavy (non-hydrogen) atoms. The molecule has 1 fully saturated rings. The Labute approximate surface area is 171 Å². The van der Waals surface area contributed by atoms with Crippen LogP contribution in [0.15, 0.2) is 83.4 Å². The number of sulfonamides is 1. The van der Waals surface area contributed by atoms with Gasteiger partial charge >= 0.3 is 0 Å². The van der Waals surface area contributed by atoms with E-state index in [1.807, 2.05) is 43.3 Å². The zero-order valence-corrected chi connectivity index (χ0v) is 17.0. The molecule has 0 aromatic heterocycles. The zero-order chi connectivity index (χ0) is 20.2. The number of carbonyl (C=O) groups is 1. The lowest BCUT2D eigenvalue weighted by molar-refractivity contribution is -0.120. The number of hydrogen-bond acceptors (Lipinski definition) is 3. The first kappa shape index (κ1) is 18.4. The maximum absolute atomic E-state index is 13.6. The van der Waals surface area contributed by atoms with E-state index >= 15 is 0 Å². The topological polar surface area (TPSA) is 54.5 Å². The fourth-order valence-electron chi connectivity index (χ4n) is 4.98. The van der Waals surface area contributed by atoms with E-state index in [0.29, 0.717) is 11.6 Å². The SMILES string of the molecule is Cc1ccc(S(=O)(=O)N(Cc2ccccc2)C2=C[C@H]3[C@@H](C2=O)[C@@H]2C=C[C@H]3C2)cc1. The average Bonchev–Trinajstić information content (AvgIpc) is 3.41. The van der Waals surface area contributed by atoms with E-state index < -0.39 is 10.0 Å². The van der Waals surface area contributed by atoms with Crippen LogP contribution in [0.2, 0.25) is 0 Å². The number of aryl methyl sites for hydroxylation is 1. The summed E-state index contributed by atoms with van der Waals surface area (Å²) < 4.78 is 28.5. The average molecular weight is 406 g/mol. The summed E-state index contributed by atoms with van der Waals surface area (Å²) in [5.41, 5.74) is 2.18. The Morgan fingerprint density at radius 2 is 1.66 bits per heavy atom. The summed E-state index contributed by atoms with van der Waals surface area (Å²) in [6.07, 6.45) is 7.26. The summed E-state index contributed by atoms with van der Waals surface area (Å²) in [7, 11) is -3.85. The molecule has 0 saturated heterocycles. The Bertz CT molecular complexity index is 1120. The molecule has 4 atom stereocenters. The van der Waals surface area contributed by atoms with E-state index in [2.05, 4.69) is 12.2 Å². The molecule has 5 heteroatoms. The van der Waals surface area contributed by atoms with Gasteiger partial charge in [-0.15, -0.1) is 0 Å². The standard InChI is InChI=1S/C24H23NO3S/c1-16-7-11-20(12-8-16)29(27,28)25(15-17-5-3-2-4-6-17)22-14-21-18-9-10-19(13-18)23(21)24(22)26/h2-12,14,18-19,21,23H,13,15H2,1H3/t18-,19+,21+,23-/m0/s1. The Kier molecular flexibility index (Phi) is 4.24. The van der Waals surface area contributed by atoms with Crippen molar-refractivity contribution in [3.05, 3.63) is 89.6 Å². The highest BCUT2D eigenvalue weighted by Crippen LogP contribution is 2.53. The van der Waals surface area contributed by atoms with Gasteiger partial charge in [0.15, 0.2) is 5.78 Å². The van der Waals surface area contributed by atoms with Gasteiger partial charge in [-0.1, -0.05) is 66.3 Å². The summed E-state index contributed by atoms with van der Waals surface area (Å²) >= 11 is 0. The molecule has 0 N–H and O–H groups in total. The van der Waals surface area contributed by atoms with Crippen LogP contribution < -0.4 is 0 Å². The minimum Gasteiger partial charge on any atom is -0.292 e. The first-order chi connectivity index (χ1) is 13.9. The van der Waals surface area contributed by atoms with E-state index in [1.165, 1.54) is 4.31 Å². The fourth-order valence-corrected chi connectivity index (χ4v) is 6.45. The molecule has 0 aliphatic heterocycles. The van der Waals surface area contributed by atoms with Gasteiger partial charge in [0.1, 0.15) is 0 Å². The fraction of sp³-hybridized carbons (Fsp3) is 0.292. The number of hydrogen-bond donors (Lipinski definition) is 0. The molecule has 148 valence electrons. The summed E-state index contributed by atoms with van der Waals surface area (Å²) in [4.78, 5) is 13.5. The number of ketones is 1. The van der Waals surface area contributed by atoms with Crippen LogP contribution in [0.4, 0.5) is 0 Å².